The summed E-state index contributed by atoms with van der Waals surface area (Å²) in [5.74, 6) is -0.628. The van der Waals surface area contributed by atoms with Gasteiger partial charge >= 0.3 is 5.97 Å². The van der Waals surface area contributed by atoms with Crippen LogP contribution in [0.25, 0.3) is 6.08 Å². The van der Waals surface area contributed by atoms with Crippen LogP contribution >= 0.6 is 0 Å². The number of nitro groups is 2. The Kier molecular flexibility index (Phi) is 4.69. The van der Waals surface area contributed by atoms with Gasteiger partial charge in [0.05, 0.1) is 9.85 Å². The van der Waals surface area contributed by atoms with Crippen LogP contribution in [0.4, 0.5) is 5.69 Å². The van der Waals surface area contributed by atoms with Crippen LogP contribution in [0, 0.1) is 20.2 Å². The summed E-state index contributed by atoms with van der Waals surface area (Å²) in [6, 6.07) is 5.20. The number of rotatable bonds is 5. The lowest BCUT2D eigenvalue weighted by molar-refractivity contribution is -0.428. The Labute approximate surface area is 107 Å². The molecule has 100 valence electrons. The molecule has 0 aromatic heterocycles. The Balaban J connectivity index is 2.92. The third kappa shape index (κ3) is 4.54. The summed E-state index contributed by atoms with van der Waals surface area (Å²) in [7, 11) is 0. The summed E-state index contributed by atoms with van der Waals surface area (Å²) >= 11 is 0. The van der Waals surface area contributed by atoms with Crippen molar-refractivity contribution in [2.75, 3.05) is 6.61 Å². The van der Waals surface area contributed by atoms with Crippen LogP contribution in [0.1, 0.15) is 12.5 Å². The van der Waals surface area contributed by atoms with E-state index >= 15 is 0 Å². The number of ether oxygens (including phenoxy) is 1. The van der Waals surface area contributed by atoms with Crippen molar-refractivity contribution in [3.05, 3.63) is 55.8 Å². The van der Waals surface area contributed by atoms with Gasteiger partial charge in [0, 0.05) is 25.1 Å². The minimum atomic E-state index is -0.676. The average molecular weight is 266 g/mol. The van der Waals surface area contributed by atoms with E-state index in [-0.39, 0.29) is 11.4 Å². The second kappa shape index (κ2) is 6.24. The molecule has 8 heteroatoms. The van der Waals surface area contributed by atoms with Crippen molar-refractivity contribution in [3.63, 3.8) is 0 Å². The number of hydrogen-bond acceptors (Lipinski definition) is 6. The molecule has 0 radical (unpaired) electrons. The molecule has 0 N–H and O–H groups in total. The van der Waals surface area contributed by atoms with E-state index in [2.05, 4.69) is 4.74 Å². The molecule has 0 bridgehead atoms. The van der Waals surface area contributed by atoms with Crippen molar-refractivity contribution in [1.29, 1.82) is 0 Å². The summed E-state index contributed by atoms with van der Waals surface area (Å²) in [4.78, 5) is 30.5. The molecule has 0 aliphatic carbocycles. The van der Waals surface area contributed by atoms with E-state index in [0.29, 0.717) is 5.56 Å². The van der Waals surface area contributed by atoms with Gasteiger partial charge in [0.1, 0.15) is 0 Å². The molecule has 1 rings (SSSR count). The monoisotopic (exact) mass is 266 g/mol. The van der Waals surface area contributed by atoms with Gasteiger partial charge in [0.25, 0.3) is 11.4 Å². The fraction of sp³-hybridized carbons (Fsp3) is 0.182. The Hall–Kier alpha value is -2.77. The first-order valence-corrected chi connectivity index (χ1v) is 5.13. The third-order valence-electron chi connectivity index (χ3n) is 2.10. The highest BCUT2D eigenvalue weighted by Crippen LogP contribution is 2.14. The van der Waals surface area contributed by atoms with Crippen molar-refractivity contribution in [1.82, 2.24) is 0 Å². The maximum Gasteiger partial charge on any atom is 0.303 e. The van der Waals surface area contributed by atoms with Crippen LogP contribution in [0.5, 0.6) is 0 Å². The molecule has 8 nitrogen and oxygen atoms in total. The smallest absolute Gasteiger partial charge is 0.303 e. The van der Waals surface area contributed by atoms with Gasteiger partial charge in [-0.25, -0.2) is 0 Å². The molecule has 0 amide bonds. The predicted molar refractivity (Wildman–Crippen MR) is 64.7 cm³/mol. The highest BCUT2D eigenvalue weighted by atomic mass is 16.6. The number of hydrogen-bond donors (Lipinski definition) is 0. The summed E-state index contributed by atoms with van der Waals surface area (Å²) in [5.41, 5.74) is -0.0201. The molecule has 1 aromatic carbocycles. The van der Waals surface area contributed by atoms with E-state index in [1.165, 1.54) is 30.3 Å². The molecule has 19 heavy (non-hydrogen) atoms. The first-order valence-electron chi connectivity index (χ1n) is 5.13. The number of nitrogens with zero attached hydrogens (tertiary/aromatic N) is 2. The van der Waals surface area contributed by atoms with E-state index in [0.717, 1.165) is 6.92 Å². The van der Waals surface area contributed by atoms with Crippen LogP contribution in [0.3, 0.4) is 0 Å². The zero-order chi connectivity index (χ0) is 14.4. The first kappa shape index (κ1) is 14.3. The van der Waals surface area contributed by atoms with Crippen molar-refractivity contribution < 1.29 is 19.4 Å². The number of carbonyl (C=O) groups excluding carboxylic acids is 1. The van der Waals surface area contributed by atoms with E-state index in [9.17, 15) is 25.0 Å². The van der Waals surface area contributed by atoms with Gasteiger partial charge in [-0.15, -0.1) is 0 Å². The number of nitro benzene ring substituents is 1. The van der Waals surface area contributed by atoms with E-state index < -0.39 is 22.4 Å². The first-order chi connectivity index (χ1) is 8.90. The summed E-state index contributed by atoms with van der Waals surface area (Å²) in [6.45, 7) is 0.683. The van der Waals surface area contributed by atoms with Gasteiger partial charge in [0.15, 0.2) is 6.61 Å². The maximum atomic E-state index is 10.7. The Morgan fingerprint density at radius 1 is 1.26 bits per heavy atom. The highest BCUT2D eigenvalue weighted by molar-refractivity contribution is 5.66. The molecule has 0 fully saturated rings. The number of non-ortho nitro benzene ring substituents is 1. The molecule has 1 aromatic rings. The molecule has 0 unspecified atom stereocenters. The van der Waals surface area contributed by atoms with Crippen LogP contribution in [-0.4, -0.2) is 22.4 Å². The lowest BCUT2D eigenvalue weighted by Crippen LogP contribution is -2.09. The van der Waals surface area contributed by atoms with E-state index in [1.54, 1.807) is 0 Å². The lowest BCUT2D eigenvalue weighted by Gasteiger charge is -2.00. The van der Waals surface area contributed by atoms with Crippen molar-refractivity contribution in [3.8, 4) is 0 Å². The number of esters is 1. The minimum Gasteiger partial charge on any atom is -0.454 e. The zero-order valence-electron chi connectivity index (χ0n) is 9.94. The quantitative estimate of drug-likeness (QED) is 0.456. The van der Waals surface area contributed by atoms with Crippen molar-refractivity contribution in [2.24, 2.45) is 0 Å². The molecule has 0 saturated heterocycles. The van der Waals surface area contributed by atoms with Gasteiger partial charge in [-0.1, -0.05) is 0 Å². The molecular weight excluding hydrogens is 256 g/mol. The van der Waals surface area contributed by atoms with Gasteiger partial charge in [-0.2, -0.15) is 0 Å². The van der Waals surface area contributed by atoms with Crippen molar-refractivity contribution in [2.45, 2.75) is 6.92 Å². The second-order valence-corrected chi connectivity index (χ2v) is 3.52. The molecule has 0 heterocycles. The standard InChI is InChI=1S/C11H10N2O6/c1-8(14)19-7-11(13(17)18)6-9-2-4-10(5-3-9)12(15)16/h2-6H,7H2,1H3/b11-6+. The third-order valence-corrected chi connectivity index (χ3v) is 2.10. The number of benzene rings is 1. The van der Waals surface area contributed by atoms with Gasteiger partial charge < -0.3 is 4.74 Å². The molecule has 0 saturated carbocycles. The fourth-order valence-electron chi connectivity index (χ4n) is 1.21. The molecular formula is C11H10N2O6. The lowest BCUT2D eigenvalue weighted by atomic mass is 10.2. The Morgan fingerprint density at radius 3 is 2.26 bits per heavy atom. The molecule has 0 spiro atoms. The van der Waals surface area contributed by atoms with Crippen LogP contribution in [0.2, 0.25) is 0 Å². The molecule has 0 aliphatic heterocycles. The summed E-state index contributed by atoms with van der Waals surface area (Å²) in [5, 5.41) is 21.2. The minimum absolute atomic E-state index is 0.111. The topological polar surface area (TPSA) is 113 Å². The molecule has 0 aliphatic rings. The summed E-state index contributed by atoms with van der Waals surface area (Å²) < 4.78 is 4.54. The average Bonchev–Trinajstić information content (AvgIpc) is 2.34. The highest BCUT2D eigenvalue weighted by Gasteiger charge is 2.13. The zero-order valence-corrected chi connectivity index (χ0v) is 9.94. The SMILES string of the molecule is CC(=O)OC/C(=C\c1ccc([N+](=O)[O-])cc1)[N+](=O)[O-]. The normalized spacial score (nSPS) is 10.9. The van der Waals surface area contributed by atoms with Gasteiger partial charge in [0.2, 0.25) is 0 Å². The van der Waals surface area contributed by atoms with E-state index in [1.807, 2.05) is 0 Å². The van der Waals surface area contributed by atoms with Gasteiger partial charge in [-0.3, -0.25) is 25.0 Å². The largest absolute Gasteiger partial charge is 0.454 e. The van der Waals surface area contributed by atoms with Gasteiger partial charge in [-0.05, 0) is 17.7 Å². The Morgan fingerprint density at radius 2 is 1.84 bits per heavy atom. The second-order valence-electron chi connectivity index (χ2n) is 3.52. The maximum absolute atomic E-state index is 10.7. The van der Waals surface area contributed by atoms with Crippen LogP contribution in [-0.2, 0) is 9.53 Å². The van der Waals surface area contributed by atoms with Crippen LogP contribution in [0.15, 0.2) is 30.0 Å². The summed E-state index contributed by atoms with van der Waals surface area (Å²) in [6.07, 6.45) is 1.19. The van der Waals surface area contributed by atoms with Crippen LogP contribution < -0.4 is 0 Å². The fourth-order valence-corrected chi connectivity index (χ4v) is 1.21. The molecule has 0 atom stereocenters. The number of carbonyl (C=O) groups is 1. The van der Waals surface area contributed by atoms with E-state index in [4.69, 9.17) is 0 Å². The predicted octanol–water partition coefficient (Wildman–Crippen LogP) is 1.78. The Bertz CT molecular complexity index is 535. The van der Waals surface area contributed by atoms with Crippen molar-refractivity contribution >= 4 is 17.7 Å².